The van der Waals surface area contributed by atoms with Crippen molar-refractivity contribution in [1.29, 1.82) is 5.41 Å². The van der Waals surface area contributed by atoms with Gasteiger partial charge in [0.25, 0.3) is 5.91 Å². The number of carboxylic acids is 1. The third-order valence-corrected chi connectivity index (χ3v) is 5.44. The monoisotopic (exact) mass is 443 g/mol. The SMILES string of the molecule is CC(C)CNC(=O)c1ccc(-c2ccccc2CCc2ccc(C(=N)N)cc2)c(C(=O)O)c1. The fourth-order valence-electron chi connectivity index (χ4n) is 3.63. The van der Waals surface area contributed by atoms with E-state index >= 15 is 0 Å². The number of aryl methyl sites for hydroxylation is 2. The van der Waals surface area contributed by atoms with E-state index in [1.54, 1.807) is 12.1 Å². The number of nitrogens with one attached hydrogen (secondary N) is 2. The molecule has 0 bridgehead atoms. The van der Waals surface area contributed by atoms with Gasteiger partial charge < -0.3 is 16.2 Å². The Kier molecular flexibility index (Phi) is 7.61. The molecular weight excluding hydrogens is 414 g/mol. The maximum Gasteiger partial charge on any atom is 0.336 e. The number of nitrogens with two attached hydrogens (primary N) is 1. The standard InChI is InChI=1S/C27H29N3O3/c1-17(2)16-30-26(31)21-13-14-23(24(15-21)27(32)33)22-6-4-3-5-19(22)10-7-18-8-11-20(12-9-18)25(28)29/h3-6,8-9,11-15,17H,7,10,16H2,1-2H3,(H3,28,29)(H,30,31)(H,32,33). The van der Waals surface area contributed by atoms with E-state index in [0.717, 1.165) is 23.1 Å². The van der Waals surface area contributed by atoms with Crippen molar-refractivity contribution in [1.82, 2.24) is 5.32 Å². The first kappa shape index (κ1) is 23.7. The summed E-state index contributed by atoms with van der Waals surface area (Å²) in [4.78, 5) is 24.5. The minimum absolute atomic E-state index is 0.0365. The maximum atomic E-state index is 12.4. The number of carbonyl (C=O) groups excluding carboxylic acids is 1. The van der Waals surface area contributed by atoms with Crippen molar-refractivity contribution >= 4 is 17.7 Å². The van der Waals surface area contributed by atoms with E-state index in [0.29, 0.717) is 35.6 Å². The van der Waals surface area contributed by atoms with Crippen molar-refractivity contribution in [2.24, 2.45) is 11.7 Å². The number of hydrogen-bond acceptors (Lipinski definition) is 3. The fourth-order valence-corrected chi connectivity index (χ4v) is 3.63. The molecule has 3 aromatic rings. The van der Waals surface area contributed by atoms with Crippen LogP contribution in [0.5, 0.6) is 0 Å². The number of carbonyl (C=O) groups is 2. The van der Waals surface area contributed by atoms with Crippen molar-refractivity contribution < 1.29 is 14.7 Å². The largest absolute Gasteiger partial charge is 0.478 e. The zero-order chi connectivity index (χ0) is 24.0. The molecule has 0 aliphatic rings. The van der Waals surface area contributed by atoms with E-state index in [2.05, 4.69) is 5.32 Å². The summed E-state index contributed by atoms with van der Waals surface area (Å²) in [7, 11) is 0. The molecule has 5 N–H and O–H groups in total. The van der Waals surface area contributed by atoms with Gasteiger partial charge >= 0.3 is 5.97 Å². The molecule has 6 heteroatoms. The summed E-state index contributed by atoms with van der Waals surface area (Å²) in [6, 6.07) is 20.1. The minimum atomic E-state index is -1.07. The normalized spacial score (nSPS) is 10.8. The molecule has 0 heterocycles. The number of hydrogen-bond donors (Lipinski definition) is 4. The van der Waals surface area contributed by atoms with E-state index in [1.807, 2.05) is 62.4 Å². The number of nitrogen functional groups attached to an aromatic ring is 1. The lowest BCUT2D eigenvalue weighted by atomic mass is 9.91. The topological polar surface area (TPSA) is 116 Å². The summed E-state index contributed by atoms with van der Waals surface area (Å²) in [6.07, 6.45) is 1.47. The van der Waals surface area contributed by atoms with Gasteiger partial charge in [0.2, 0.25) is 0 Å². The highest BCUT2D eigenvalue weighted by Gasteiger charge is 2.17. The summed E-state index contributed by atoms with van der Waals surface area (Å²) < 4.78 is 0. The Labute approximate surface area is 194 Å². The number of amides is 1. The number of benzene rings is 3. The lowest BCUT2D eigenvalue weighted by Gasteiger charge is -2.14. The third-order valence-electron chi connectivity index (χ3n) is 5.44. The molecule has 0 aliphatic carbocycles. The van der Waals surface area contributed by atoms with E-state index < -0.39 is 5.97 Å². The van der Waals surface area contributed by atoms with Gasteiger partial charge in [-0.3, -0.25) is 10.2 Å². The average molecular weight is 444 g/mol. The van der Waals surface area contributed by atoms with Crippen LogP contribution in [0.15, 0.2) is 66.7 Å². The number of carboxylic acid groups (broad SMARTS) is 1. The lowest BCUT2D eigenvalue weighted by molar-refractivity contribution is 0.0697. The van der Waals surface area contributed by atoms with Crippen LogP contribution in [0.25, 0.3) is 11.1 Å². The van der Waals surface area contributed by atoms with Crippen molar-refractivity contribution in [3.8, 4) is 11.1 Å². The van der Waals surface area contributed by atoms with Crippen LogP contribution in [0.1, 0.15) is 51.3 Å². The Bertz CT molecular complexity index is 1170. The van der Waals surface area contributed by atoms with Gasteiger partial charge in [-0.05, 0) is 53.1 Å². The summed E-state index contributed by atoms with van der Waals surface area (Å²) in [5.41, 5.74) is 10.2. The Hall–Kier alpha value is -3.93. The van der Waals surface area contributed by atoms with Crippen LogP contribution in [0.2, 0.25) is 0 Å². The smallest absolute Gasteiger partial charge is 0.336 e. The second-order valence-electron chi connectivity index (χ2n) is 8.44. The van der Waals surface area contributed by atoms with Crippen LogP contribution in [0.4, 0.5) is 0 Å². The average Bonchev–Trinajstić information content (AvgIpc) is 2.81. The quantitative estimate of drug-likeness (QED) is 0.288. The van der Waals surface area contributed by atoms with E-state index in [9.17, 15) is 14.7 Å². The van der Waals surface area contributed by atoms with Gasteiger partial charge in [-0.2, -0.15) is 0 Å². The lowest BCUT2D eigenvalue weighted by Crippen LogP contribution is -2.27. The Morgan fingerprint density at radius 2 is 1.61 bits per heavy atom. The zero-order valence-corrected chi connectivity index (χ0v) is 18.9. The highest BCUT2D eigenvalue weighted by atomic mass is 16.4. The first-order valence-corrected chi connectivity index (χ1v) is 10.9. The molecule has 0 saturated heterocycles. The first-order chi connectivity index (χ1) is 15.8. The predicted octanol–water partition coefficient (Wildman–Crippen LogP) is 4.51. The number of rotatable bonds is 9. The third kappa shape index (κ3) is 6.07. The van der Waals surface area contributed by atoms with Gasteiger partial charge in [-0.1, -0.05) is 68.4 Å². The second-order valence-corrected chi connectivity index (χ2v) is 8.44. The van der Waals surface area contributed by atoms with Crippen LogP contribution in [0, 0.1) is 11.3 Å². The van der Waals surface area contributed by atoms with Gasteiger partial charge in [0.05, 0.1) is 5.56 Å². The van der Waals surface area contributed by atoms with Crippen molar-refractivity contribution in [2.75, 3.05) is 6.54 Å². The second kappa shape index (κ2) is 10.6. The van der Waals surface area contributed by atoms with Crippen molar-refractivity contribution in [3.63, 3.8) is 0 Å². The van der Waals surface area contributed by atoms with Crippen molar-refractivity contribution in [2.45, 2.75) is 26.7 Å². The number of amidine groups is 1. The summed E-state index contributed by atoms with van der Waals surface area (Å²) >= 11 is 0. The molecule has 3 aromatic carbocycles. The molecular formula is C27H29N3O3. The molecule has 0 atom stereocenters. The van der Waals surface area contributed by atoms with Crippen LogP contribution in [-0.4, -0.2) is 29.4 Å². The molecule has 1 amide bonds. The molecule has 0 spiro atoms. The first-order valence-electron chi connectivity index (χ1n) is 10.9. The van der Waals surface area contributed by atoms with Gasteiger partial charge in [-0.15, -0.1) is 0 Å². The fraction of sp³-hybridized carbons (Fsp3) is 0.222. The summed E-state index contributed by atoms with van der Waals surface area (Å²) in [5.74, 6) is -1.01. The highest BCUT2D eigenvalue weighted by molar-refractivity contribution is 6.01. The van der Waals surface area contributed by atoms with Gasteiger partial charge in [0.15, 0.2) is 0 Å². The van der Waals surface area contributed by atoms with Gasteiger partial charge in [0, 0.05) is 17.7 Å². The molecule has 0 fully saturated rings. The molecule has 0 saturated carbocycles. The van der Waals surface area contributed by atoms with E-state index in [1.165, 1.54) is 6.07 Å². The molecule has 33 heavy (non-hydrogen) atoms. The predicted molar refractivity (Wildman–Crippen MR) is 131 cm³/mol. The summed E-state index contributed by atoms with van der Waals surface area (Å²) in [6.45, 7) is 4.53. The van der Waals surface area contributed by atoms with Crippen LogP contribution < -0.4 is 11.1 Å². The molecule has 0 aromatic heterocycles. The Morgan fingerprint density at radius 1 is 0.939 bits per heavy atom. The Balaban J connectivity index is 1.87. The van der Waals surface area contributed by atoms with Crippen LogP contribution in [-0.2, 0) is 12.8 Å². The molecule has 0 radical (unpaired) electrons. The minimum Gasteiger partial charge on any atom is -0.478 e. The van der Waals surface area contributed by atoms with Gasteiger partial charge in [0.1, 0.15) is 5.84 Å². The maximum absolute atomic E-state index is 12.4. The van der Waals surface area contributed by atoms with Crippen LogP contribution in [0.3, 0.4) is 0 Å². The van der Waals surface area contributed by atoms with E-state index in [-0.39, 0.29) is 17.3 Å². The van der Waals surface area contributed by atoms with Crippen LogP contribution >= 0.6 is 0 Å². The Morgan fingerprint density at radius 3 is 2.24 bits per heavy atom. The van der Waals surface area contributed by atoms with Gasteiger partial charge in [-0.25, -0.2) is 4.79 Å². The molecule has 6 nitrogen and oxygen atoms in total. The molecule has 0 unspecified atom stereocenters. The molecule has 3 rings (SSSR count). The number of aromatic carboxylic acids is 1. The zero-order valence-electron chi connectivity index (χ0n) is 18.9. The molecule has 170 valence electrons. The summed E-state index contributed by atoms with van der Waals surface area (Å²) in [5, 5.41) is 20.2. The molecule has 0 aliphatic heterocycles. The van der Waals surface area contributed by atoms with Crippen molar-refractivity contribution in [3.05, 3.63) is 94.5 Å². The highest BCUT2D eigenvalue weighted by Crippen LogP contribution is 2.29. The van der Waals surface area contributed by atoms with E-state index in [4.69, 9.17) is 11.1 Å².